The predicted octanol–water partition coefficient (Wildman–Crippen LogP) is 1.46. The van der Waals surface area contributed by atoms with Crippen molar-refractivity contribution in [3.05, 3.63) is 42.0 Å². The molecule has 0 bridgehead atoms. The molecule has 0 radical (unpaired) electrons. The lowest BCUT2D eigenvalue weighted by Crippen LogP contribution is -2.37. The highest BCUT2D eigenvalue weighted by molar-refractivity contribution is 5.77. The predicted molar refractivity (Wildman–Crippen MR) is 95.2 cm³/mol. The van der Waals surface area contributed by atoms with Crippen molar-refractivity contribution >= 4 is 16.9 Å². The Morgan fingerprint density at radius 3 is 2.96 bits per heavy atom. The van der Waals surface area contributed by atoms with E-state index in [0.29, 0.717) is 6.54 Å². The topological polar surface area (TPSA) is 80.3 Å². The molecule has 0 N–H and O–H groups in total. The van der Waals surface area contributed by atoms with Crippen LogP contribution < -0.4 is 0 Å². The van der Waals surface area contributed by atoms with Gasteiger partial charge < -0.3 is 9.47 Å². The Labute approximate surface area is 151 Å². The SMILES string of the molecule is Cc1nccn1CC(=O)N1CCCN(Cc2cccc3nonc23)CC1. The summed E-state index contributed by atoms with van der Waals surface area (Å²) in [5.74, 6) is 1.01. The summed E-state index contributed by atoms with van der Waals surface area (Å²) in [4.78, 5) is 21.1. The van der Waals surface area contributed by atoms with Gasteiger partial charge in [-0.2, -0.15) is 0 Å². The van der Waals surface area contributed by atoms with Gasteiger partial charge in [0, 0.05) is 45.1 Å². The van der Waals surface area contributed by atoms with Crippen LogP contribution in [0.4, 0.5) is 0 Å². The van der Waals surface area contributed by atoms with Crippen LogP contribution in [0.1, 0.15) is 17.8 Å². The highest BCUT2D eigenvalue weighted by Crippen LogP contribution is 2.17. The maximum Gasteiger partial charge on any atom is 0.242 e. The van der Waals surface area contributed by atoms with Crippen molar-refractivity contribution in [2.75, 3.05) is 26.2 Å². The second kappa shape index (κ2) is 7.25. The summed E-state index contributed by atoms with van der Waals surface area (Å²) < 4.78 is 6.74. The molecule has 3 heterocycles. The zero-order valence-electron chi connectivity index (χ0n) is 14.8. The van der Waals surface area contributed by atoms with Crippen molar-refractivity contribution in [1.82, 2.24) is 29.7 Å². The number of nitrogens with zero attached hydrogens (tertiary/aromatic N) is 6. The Balaban J connectivity index is 1.38. The highest BCUT2D eigenvalue weighted by atomic mass is 16.6. The maximum absolute atomic E-state index is 12.6. The van der Waals surface area contributed by atoms with E-state index < -0.39 is 0 Å². The monoisotopic (exact) mass is 354 g/mol. The highest BCUT2D eigenvalue weighted by Gasteiger charge is 2.20. The van der Waals surface area contributed by atoms with Gasteiger partial charge >= 0.3 is 0 Å². The van der Waals surface area contributed by atoms with Gasteiger partial charge in [0.1, 0.15) is 23.4 Å². The van der Waals surface area contributed by atoms with Gasteiger partial charge in [0.05, 0.1) is 0 Å². The first-order valence-corrected chi connectivity index (χ1v) is 8.89. The molecule has 1 aliphatic rings. The van der Waals surface area contributed by atoms with Crippen molar-refractivity contribution in [2.24, 2.45) is 0 Å². The fourth-order valence-electron chi connectivity index (χ4n) is 3.43. The number of aryl methyl sites for hydroxylation is 1. The lowest BCUT2D eigenvalue weighted by Gasteiger charge is -2.22. The van der Waals surface area contributed by atoms with Crippen molar-refractivity contribution in [2.45, 2.75) is 26.4 Å². The van der Waals surface area contributed by atoms with E-state index >= 15 is 0 Å². The van der Waals surface area contributed by atoms with Gasteiger partial charge in [-0.05, 0) is 35.3 Å². The molecule has 1 fully saturated rings. The number of fused-ring (bicyclic) bond motifs is 1. The Morgan fingerprint density at radius 1 is 1.19 bits per heavy atom. The summed E-state index contributed by atoms with van der Waals surface area (Å²) in [7, 11) is 0. The van der Waals surface area contributed by atoms with Gasteiger partial charge in [-0.3, -0.25) is 9.69 Å². The zero-order chi connectivity index (χ0) is 17.9. The summed E-state index contributed by atoms with van der Waals surface area (Å²) >= 11 is 0. The number of imidazole rings is 1. The molecule has 1 aromatic carbocycles. The molecule has 1 aliphatic heterocycles. The average molecular weight is 354 g/mol. The van der Waals surface area contributed by atoms with Crippen molar-refractivity contribution in [1.29, 1.82) is 0 Å². The van der Waals surface area contributed by atoms with Crippen LogP contribution in [0, 0.1) is 6.92 Å². The number of carbonyl (C=O) groups is 1. The van der Waals surface area contributed by atoms with E-state index in [9.17, 15) is 4.79 Å². The van der Waals surface area contributed by atoms with Crippen LogP contribution in [0.25, 0.3) is 11.0 Å². The molecular formula is C18H22N6O2. The van der Waals surface area contributed by atoms with Gasteiger partial charge in [-0.25, -0.2) is 9.61 Å². The number of rotatable bonds is 4. The maximum atomic E-state index is 12.6. The second-order valence-corrected chi connectivity index (χ2v) is 6.66. The summed E-state index contributed by atoms with van der Waals surface area (Å²) in [6.45, 7) is 6.38. The summed E-state index contributed by atoms with van der Waals surface area (Å²) in [5.41, 5.74) is 2.71. The molecule has 1 amide bonds. The number of carbonyl (C=O) groups excluding carboxylic acids is 1. The fourth-order valence-corrected chi connectivity index (χ4v) is 3.43. The molecule has 0 unspecified atom stereocenters. The first kappa shape index (κ1) is 16.7. The normalized spacial score (nSPS) is 16.1. The number of aromatic nitrogens is 4. The van der Waals surface area contributed by atoms with Crippen LogP contribution in [-0.2, 0) is 17.9 Å². The largest absolute Gasteiger partial charge is 0.340 e. The quantitative estimate of drug-likeness (QED) is 0.706. The third kappa shape index (κ3) is 3.45. The van der Waals surface area contributed by atoms with Gasteiger partial charge in [-0.1, -0.05) is 12.1 Å². The molecule has 8 nitrogen and oxygen atoms in total. The molecule has 0 atom stereocenters. The molecular weight excluding hydrogens is 332 g/mol. The molecule has 0 aliphatic carbocycles. The molecule has 4 rings (SSSR count). The molecule has 2 aromatic heterocycles. The van der Waals surface area contributed by atoms with Crippen LogP contribution in [0.5, 0.6) is 0 Å². The lowest BCUT2D eigenvalue weighted by molar-refractivity contribution is -0.131. The van der Waals surface area contributed by atoms with Crippen molar-refractivity contribution in [3.8, 4) is 0 Å². The first-order chi connectivity index (χ1) is 12.7. The van der Waals surface area contributed by atoms with E-state index in [2.05, 4.69) is 26.3 Å². The molecule has 8 heteroatoms. The molecule has 26 heavy (non-hydrogen) atoms. The minimum atomic E-state index is 0.149. The van der Waals surface area contributed by atoms with Crippen LogP contribution >= 0.6 is 0 Å². The molecule has 0 spiro atoms. The minimum Gasteiger partial charge on any atom is -0.340 e. The van der Waals surface area contributed by atoms with Gasteiger partial charge in [-0.15, -0.1) is 0 Å². The molecule has 3 aromatic rings. The van der Waals surface area contributed by atoms with Crippen molar-refractivity contribution in [3.63, 3.8) is 0 Å². The number of amides is 1. The Kier molecular flexibility index (Phi) is 4.66. The van der Waals surface area contributed by atoms with Gasteiger partial charge in [0.25, 0.3) is 0 Å². The summed E-state index contributed by atoms with van der Waals surface area (Å²) in [6.07, 6.45) is 4.54. The van der Waals surface area contributed by atoms with Crippen molar-refractivity contribution < 1.29 is 9.42 Å². The van der Waals surface area contributed by atoms with Crippen LogP contribution in [-0.4, -0.2) is 61.8 Å². The summed E-state index contributed by atoms with van der Waals surface area (Å²) in [5, 5.41) is 7.92. The number of benzene rings is 1. The summed E-state index contributed by atoms with van der Waals surface area (Å²) in [6, 6.07) is 5.93. The van der Waals surface area contributed by atoms with E-state index in [1.165, 1.54) is 0 Å². The van der Waals surface area contributed by atoms with E-state index in [4.69, 9.17) is 4.63 Å². The molecule has 136 valence electrons. The van der Waals surface area contributed by atoms with E-state index in [1.54, 1.807) is 6.20 Å². The molecule has 0 saturated carbocycles. The number of hydrogen-bond donors (Lipinski definition) is 0. The first-order valence-electron chi connectivity index (χ1n) is 8.89. The standard InChI is InChI=1S/C18H22N6O2/c1-14-19-6-9-24(14)13-17(25)23-8-3-7-22(10-11-23)12-15-4-2-5-16-18(15)21-26-20-16/h2,4-6,9H,3,7-8,10-13H2,1H3. The third-order valence-corrected chi connectivity index (χ3v) is 4.93. The van der Waals surface area contributed by atoms with Crippen LogP contribution in [0.3, 0.4) is 0 Å². The van der Waals surface area contributed by atoms with E-state index in [1.807, 2.05) is 34.7 Å². The Bertz CT molecular complexity index is 902. The van der Waals surface area contributed by atoms with Gasteiger partial charge in [0.2, 0.25) is 5.91 Å². The van der Waals surface area contributed by atoms with E-state index in [0.717, 1.165) is 61.6 Å². The second-order valence-electron chi connectivity index (χ2n) is 6.66. The fraction of sp³-hybridized carbons (Fsp3) is 0.444. The minimum absolute atomic E-state index is 0.149. The Morgan fingerprint density at radius 2 is 2.12 bits per heavy atom. The lowest BCUT2D eigenvalue weighted by atomic mass is 10.1. The Hall–Kier alpha value is -2.74. The third-order valence-electron chi connectivity index (χ3n) is 4.93. The smallest absolute Gasteiger partial charge is 0.242 e. The molecule has 1 saturated heterocycles. The van der Waals surface area contributed by atoms with Crippen LogP contribution in [0.15, 0.2) is 35.2 Å². The average Bonchev–Trinajstić information content (AvgIpc) is 3.20. The van der Waals surface area contributed by atoms with Crippen LogP contribution in [0.2, 0.25) is 0 Å². The zero-order valence-corrected chi connectivity index (χ0v) is 14.8. The van der Waals surface area contributed by atoms with Gasteiger partial charge in [0.15, 0.2) is 0 Å². The van der Waals surface area contributed by atoms with E-state index in [-0.39, 0.29) is 5.91 Å². The number of hydrogen-bond acceptors (Lipinski definition) is 6.